The molecule has 8 heteroatoms. The number of rotatable bonds is 9. The lowest BCUT2D eigenvalue weighted by Gasteiger charge is -2.14. The number of hydrogen-bond acceptors (Lipinski definition) is 6. The van der Waals surface area contributed by atoms with E-state index >= 15 is 0 Å². The zero-order chi connectivity index (χ0) is 20.7. The number of alkyl halides is 2. The Labute approximate surface area is 161 Å². The lowest BCUT2D eigenvalue weighted by molar-refractivity contribution is -0.0498. The zero-order valence-electron chi connectivity index (χ0n) is 15.6. The van der Waals surface area contributed by atoms with Gasteiger partial charge in [0.2, 0.25) is 5.78 Å². The molecule has 0 amide bonds. The predicted octanol–water partition coefficient (Wildman–Crippen LogP) is 4.12. The summed E-state index contributed by atoms with van der Waals surface area (Å²) in [4.78, 5) is 24.7. The summed E-state index contributed by atoms with van der Waals surface area (Å²) in [6.45, 7) is 0.733. The minimum absolute atomic E-state index is 0.0716. The Bertz CT molecular complexity index is 820. The molecule has 2 aromatic rings. The molecule has 0 radical (unpaired) electrons. The van der Waals surface area contributed by atoms with E-state index in [1.807, 2.05) is 6.92 Å². The third-order valence-corrected chi connectivity index (χ3v) is 3.72. The molecule has 2 rings (SSSR count). The monoisotopic (exact) mass is 394 g/mol. The Hall–Kier alpha value is -3.16. The van der Waals surface area contributed by atoms with Gasteiger partial charge in [-0.1, -0.05) is 0 Å². The number of benzene rings is 2. The molecule has 2 aromatic carbocycles. The van der Waals surface area contributed by atoms with E-state index in [4.69, 9.17) is 14.2 Å². The number of ether oxygens (including phenoxy) is 4. The second-order valence-corrected chi connectivity index (χ2v) is 5.61. The van der Waals surface area contributed by atoms with E-state index in [9.17, 15) is 18.4 Å². The largest absolute Gasteiger partial charge is 0.493 e. The van der Waals surface area contributed by atoms with Crippen LogP contribution in [0.15, 0.2) is 42.5 Å². The van der Waals surface area contributed by atoms with Crippen LogP contribution < -0.4 is 14.2 Å². The molecule has 0 aliphatic carbocycles. The molecule has 0 aromatic heterocycles. The average molecular weight is 394 g/mol. The molecule has 150 valence electrons. The van der Waals surface area contributed by atoms with Crippen molar-refractivity contribution in [3.63, 3.8) is 0 Å². The van der Waals surface area contributed by atoms with Gasteiger partial charge in [0.1, 0.15) is 5.75 Å². The molecule has 0 fully saturated rings. The maximum Gasteiger partial charge on any atom is 0.387 e. The smallest absolute Gasteiger partial charge is 0.387 e. The number of carbonyl (C=O) groups is 2. The van der Waals surface area contributed by atoms with E-state index in [-0.39, 0.29) is 16.9 Å². The SMILES string of the molecule is CCOc1ccc(C(=O)O[C@@H](C)C(=O)c2ccc(OC(F)F)cc2)cc1OC. The Morgan fingerprint density at radius 3 is 2.21 bits per heavy atom. The molecule has 0 N–H and O–H groups in total. The van der Waals surface area contributed by atoms with Crippen molar-refractivity contribution >= 4 is 11.8 Å². The molecule has 0 aliphatic heterocycles. The van der Waals surface area contributed by atoms with Crippen LogP contribution in [0.2, 0.25) is 0 Å². The summed E-state index contributed by atoms with van der Waals surface area (Å²) in [6, 6.07) is 9.67. The Balaban J connectivity index is 2.06. The lowest BCUT2D eigenvalue weighted by Crippen LogP contribution is -2.24. The van der Waals surface area contributed by atoms with E-state index in [0.717, 1.165) is 0 Å². The summed E-state index contributed by atoms with van der Waals surface area (Å²) >= 11 is 0. The van der Waals surface area contributed by atoms with Gasteiger partial charge < -0.3 is 18.9 Å². The van der Waals surface area contributed by atoms with Crippen molar-refractivity contribution in [3.8, 4) is 17.2 Å². The van der Waals surface area contributed by atoms with Crippen LogP contribution in [0.1, 0.15) is 34.6 Å². The Morgan fingerprint density at radius 2 is 1.64 bits per heavy atom. The molecule has 0 spiro atoms. The van der Waals surface area contributed by atoms with Crippen LogP contribution in [0, 0.1) is 0 Å². The van der Waals surface area contributed by atoms with Crippen LogP contribution in [-0.2, 0) is 4.74 Å². The fourth-order valence-electron chi connectivity index (χ4n) is 2.39. The van der Waals surface area contributed by atoms with E-state index in [0.29, 0.717) is 18.1 Å². The normalized spacial score (nSPS) is 11.6. The highest BCUT2D eigenvalue weighted by atomic mass is 19.3. The minimum atomic E-state index is -2.95. The van der Waals surface area contributed by atoms with E-state index < -0.39 is 24.5 Å². The van der Waals surface area contributed by atoms with E-state index in [1.54, 1.807) is 6.07 Å². The zero-order valence-corrected chi connectivity index (χ0v) is 15.6. The van der Waals surface area contributed by atoms with Crippen molar-refractivity contribution in [2.45, 2.75) is 26.6 Å². The molecule has 0 saturated heterocycles. The molecule has 1 atom stereocenters. The minimum Gasteiger partial charge on any atom is -0.493 e. The highest BCUT2D eigenvalue weighted by Crippen LogP contribution is 2.28. The van der Waals surface area contributed by atoms with Gasteiger partial charge in [-0.25, -0.2) is 4.79 Å². The van der Waals surface area contributed by atoms with Gasteiger partial charge >= 0.3 is 12.6 Å². The van der Waals surface area contributed by atoms with E-state index in [1.165, 1.54) is 50.4 Å². The number of methoxy groups -OCH3 is 1. The predicted molar refractivity (Wildman–Crippen MR) is 96.4 cm³/mol. The summed E-state index contributed by atoms with van der Waals surface area (Å²) in [5.41, 5.74) is 0.395. The maximum atomic E-state index is 12.4. The third-order valence-electron chi connectivity index (χ3n) is 3.72. The van der Waals surface area contributed by atoms with Crippen molar-refractivity contribution in [3.05, 3.63) is 53.6 Å². The first-order valence-corrected chi connectivity index (χ1v) is 8.46. The number of Topliss-reactive ketones (excluding diaryl/α,β-unsaturated/α-hetero) is 1. The molecular weight excluding hydrogens is 374 g/mol. The number of carbonyl (C=O) groups excluding carboxylic acids is 2. The van der Waals surface area contributed by atoms with Crippen LogP contribution in [-0.4, -0.2) is 38.2 Å². The quantitative estimate of drug-likeness (QED) is 0.471. The first-order chi connectivity index (χ1) is 13.3. The van der Waals surface area contributed by atoms with Crippen LogP contribution in [0.4, 0.5) is 8.78 Å². The van der Waals surface area contributed by atoms with Gasteiger partial charge in [0.05, 0.1) is 19.3 Å². The first kappa shape index (κ1) is 21.1. The third kappa shape index (κ3) is 5.42. The molecule has 6 nitrogen and oxygen atoms in total. The summed E-state index contributed by atoms with van der Waals surface area (Å²) < 4.78 is 44.4. The molecule has 0 saturated carbocycles. The van der Waals surface area contributed by atoms with Crippen molar-refractivity contribution in [2.24, 2.45) is 0 Å². The van der Waals surface area contributed by atoms with E-state index in [2.05, 4.69) is 4.74 Å². The molecule has 28 heavy (non-hydrogen) atoms. The molecular formula is C20H20F2O6. The number of hydrogen-bond donors (Lipinski definition) is 0. The van der Waals surface area contributed by atoms with Gasteiger partial charge in [0.15, 0.2) is 17.6 Å². The molecule has 0 aliphatic rings. The van der Waals surface area contributed by atoms with Crippen molar-refractivity contribution < 1.29 is 37.3 Å². The summed E-state index contributed by atoms with van der Waals surface area (Å²) in [5, 5.41) is 0. The van der Waals surface area contributed by atoms with Crippen LogP contribution in [0.25, 0.3) is 0 Å². The maximum absolute atomic E-state index is 12.4. The second kappa shape index (κ2) is 9.68. The summed E-state index contributed by atoms with van der Waals surface area (Å²) in [5.74, 6) is -0.408. The number of halogens is 2. The lowest BCUT2D eigenvalue weighted by atomic mass is 10.1. The average Bonchev–Trinajstić information content (AvgIpc) is 2.68. The fourth-order valence-corrected chi connectivity index (χ4v) is 2.39. The van der Waals surface area contributed by atoms with Gasteiger partial charge in [-0.3, -0.25) is 4.79 Å². The standard InChI is InChI=1S/C20H20F2O6/c1-4-26-16-10-7-14(11-17(16)25-3)19(24)27-12(2)18(23)13-5-8-15(9-6-13)28-20(21)22/h5-12,20H,4H2,1-3H3/t12-/m0/s1. The van der Waals surface area contributed by atoms with Gasteiger partial charge in [0.25, 0.3) is 0 Å². The second-order valence-electron chi connectivity index (χ2n) is 5.61. The van der Waals surface area contributed by atoms with Crippen LogP contribution >= 0.6 is 0 Å². The van der Waals surface area contributed by atoms with Crippen molar-refractivity contribution in [2.75, 3.05) is 13.7 Å². The Kier molecular flexibility index (Phi) is 7.31. The topological polar surface area (TPSA) is 71.1 Å². The van der Waals surface area contributed by atoms with Crippen LogP contribution in [0.3, 0.4) is 0 Å². The highest BCUT2D eigenvalue weighted by Gasteiger charge is 2.21. The molecule has 0 unspecified atom stereocenters. The van der Waals surface area contributed by atoms with Gasteiger partial charge in [0, 0.05) is 5.56 Å². The molecule has 0 bridgehead atoms. The Morgan fingerprint density at radius 1 is 1.00 bits per heavy atom. The van der Waals surface area contributed by atoms with Gasteiger partial charge in [-0.05, 0) is 56.3 Å². The van der Waals surface area contributed by atoms with Gasteiger partial charge in [-0.2, -0.15) is 8.78 Å². The highest BCUT2D eigenvalue weighted by molar-refractivity contribution is 6.01. The number of ketones is 1. The fraction of sp³-hybridized carbons (Fsp3) is 0.300. The summed E-state index contributed by atoms with van der Waals surface area (Å²) in [7, 11) is 1.44. The van der Waals surface area contributed by atoms with Crippen molar-refractivity contribution in [1.82, 2.24) is 0 Å². The number of esters is 1. The molecule has 0 heterocycles. The van der Waals surface area contributed by atoms with Gasteiger partial charge in [-0.15, -0.1) is 0 Å². The summed E-state index contributed by atoms with van der Waals surface area (Å²) in [6.07, 6.45) is -1.08. The van der Waals surface area contributed by atoms with Crippen molar-refractivity contribution in [1.29, 1.82) is 0 Å². The van der Waals surface area contributed by atoms with Crippen LogP contribution in [0.5, 0.6) is 17.2 Å². The first-order valence-electron chi connectivity index (χ1n) is 8.46.